The lowest BCUT2D eigenvalue weighted by molar-refractivity contribution is -0.255. The molecule has 3 nitrogen and oxygen atoms in total. The lowest BCUT2D eigenvalue weighted by atomic mass is 9.98. The van der Waals surface area contributed by atoms with Gasteiger partial charge in [0.25, 0.3) is 0 Å². The van der Waals surface area contributed by atoms with Gasteiger partial charge in [-0.3, -0.25) is 0 Å². The fourth-order valence-electron chi connectivity index (χ4n) is 2.49. The third-order valence-electron chi connectivity index (χ3n) is 3.65. The zero-order valence-corrected chi connectivity index (χ0v) is 10.4. The molecule has 1 saturated carbocycles. The highest BCUT2D eigenvalue weighted by molar-refractivity contribution is 5.86. The average molecular weight is 251 g/mol. The van der Waals surface area contributed by atoms with Crippen LogP contribution < -0.4 is 9.84 Å². The van der Waals surface area contributed by atoms with Gasteiger partial charge in [-0.05, 0) is 50.3 Å². The van der Waals surface area contributed by atoms with E-state index in [1.54, 1.807) is 0 Å². The molecule has 0 bridgehead atoms. The molecule has 4 heteroatoms. The number of carboxylic acids is 1. The van der Waals surface area contributed by atoms with E-state index in [-0.39, 0.29) is 16.9 Å². The van der Waals surface area contributed by atoms with Gasteiger partial charge in [-0.2, -0.15) is 0 Å². The zero-order chi connectivity index (χ0) is 13.2. The predicted molar refractivity (Wildman–Crippen MR) is 62.8 cm³/mol. The quantitative estimate of drug-likeness (QED) is 0.825. The molecular weight excluding hydrogens is 235 g/mol. The van der Waals surface area contributed by atoms with Crippen LogP contribution in [0.4, 0.5) is 4.39 Å². The number of aromatic carboxylic acids is 1. The normalized spacial score (nSPS) is 17.7. The summed E-state index contributed by atoms with van der Waals surface area (Å²) in [7, 11) is 0. The van der Waals surface area contributed by atoms with Gasteiger partial charge < -0.3 is 14.6 Å². The van der Waals surface area contributed by atoms with Gasteiger partial charge in [0.05, 0.1) is 5.97 Å². The number of halogens is 1. The number of carbonyl (C=O) groups is 1. The topological polar surface area (TPSA) is 49.4 Å². The Morgan fingerprint density at radius 1 is 1.44 bits per heavy atom. The largest absolute Gasteiger partial charge is 0.545 e. The number of hydrogen-bond acceptors (Lipinski definition) is 3. The summed E-state index contributed by atoms with van der Waals surface area (Å²) in [6, 6.07) is 3.50. The van der Waals surface area contributed by atoms with Crippen molar-refractivity contribution in [2.45, 2.75) is 44.6 Å². The summed E-state index contributed by atoms with van der Waals surface area (Å²) in [5, 5.41) is 10.8. The Hall–Kier alpha value is -1.58. The number of carbonyl (C=O) groups excluding carboxylic acids is 1. The minimum Gasteiger partial charge on any atom is -0.545 e. The Morgan fingerprint density at radius 2 is 2.11 bits per heavy atom. The summed E-state index contributed by atoms with van der Waals surface area (Å²) in [6.07, 6.45) is 4.70. The van der Waals surface area contributed by atoms with Crippen molar-refractivity contribution < 1.29 is 19.0 Å². The molecule has 0 saturated heterocycles. The molecule has 2 rings (SSSR count). The number of ether oxygens (including phenoxy) is 1. The highest BCUT2D eigenvalue weighted by Gasteiger charge is 2.34. The molecule has 0 aromatic heterocycles. The number of rotatable bonds is 4. The Bertz CT molecular complexity index is 450. The van der Waals surface area contributed by atoms with Crippen LogP contribution in [0.5, 0.6) is 5.75 Å². The molecule has 0 N–H and O–H groups in total. The van der Waals surface area contributed by atoms with Crippen molar-refractivity contribution in [3.8, 4) is 5.75 Å². The maximum atomic E-state index is 13.7. The summed E-state index contributed by atoms with van der Waals surface area (Å²) in [5.41, 5.74) is -0.401. The molecule has 0 amide bonds. The van der Waals surface area contributed by atoms with Crippen LogP contribution in [0.15, 0.2) is 18.2 Å². The lowest BCUT2D eigenvalue weighted by Crippen LogP contribution is -2.32. The van der Waals surface area contributed by atoms with Crippen molar-refractivity contribution in [2.24, 2.45) is 0 Å². The van der Waals surface area contributed by atoms with Gasteiger partial charge in [0, 0.05) is 5.56 Å². The van der Waals surface area contributed by atoms with Crippen LogP contribution in [0.2, 0.25) is 0 Å². The van der Waals surface area contributed by atoms with E-state index in [4.69, 9.17) is 4.74 Å². The average Bonchev–Trinajstić information content (AvgIpc) is 2.81. The van der Waals surface area contributed by atoms with Crippen LogP contribution in [0.1, 0.15) is 49.4 Å². The summed E-state index contributed by atoms with van der Waals surface area (Å²) in [6.45, 7) is 2.01. The van der Waals surface area contributed by atoms with E-state index in [1.807, 2.05) is 6.92 Å². The van der Waals surface area contributed by atoms with Crippen molar-refractivity contribution in [3.05, 3.63) is 29.6 Å². The first kappa shape index (κ1) is 12.9. The Labute approximate surface area is 106 Å². The predicted octanol–water partition coefficient (Wildman–Crippen LogP) is 2.29. The second-order valence-corrected chi connectivity index (χ2v) is 4.78. The van der Waals surface area contributed by atoms with E-state index >= 15 is 0 Å². The van der Waals surface area contributed by atoms with E-state index in [9.17, 15) is 14.3 Å². The monoisotopic (exact) mass is 251 g/mol. The Balaban J connectivity index is 2.27. The fourth-order valence-corrected chi connectivity index (χ4v) is 2.49. The molecule has 98 valence electrons. The molecule has 0 atom stereocenters. The third kappa shape index (κ3) is 2.47. The molecule has 1 aliphatic rings. The summed E-state index contributed by atoms with van der Waals surface area (Å²) >= 11 is 0. The third-order valence-corrected chi connectivity index (χ3v) is 3.65. The molecule has 18 heavy (non-hydrogen) atoms. The molecule has 1 aliphatic carbocycles. The maximum Gasteiger partial charge on any atom is 0.165 e. The molecule has 0 unspecified atom stereocenters. The number of hydrogen-bond donors (Lipinski definition) is 0. The van der Waals surface area contributed by atoms with Gasteiger partial charge in [-0.1, -0.05) is 6.92 Å². The molecule has 0 aliphatic heterocycles. The van der Waals surface area contributed by atoms with Gasteiger partial charge in [-0.15, -0.1) is 0 Å². The number of carboxylic acid groups (broad SMARTS) is 1. The van der Waals surface area contributed by atoms with Crippen LogP contribution in [0.3, 0.4) is 0 Å². The SMILES string of the molecule is CCC1(Oc2cc(C(=O)[O-])ccc2F)CCCC1. The van der Waals surface area contributed by atoms with E-state index in [2.05, 4.69) is 0 Å². The maximum absolute atomic E-state index is 13.7. The van der Waals surface area contributed by atoms with E-state index in [0.717, 1.165) is 38.2 Å². The van der Waals surface area contributed by atoms with Crippen LogP contribution in [-0.2, 0) is 0 Å². The minimum atomic E-state index is -1.32. The van der Waals surface area contributed by atoms with Gasteiger partial charge in [0.1, 0.15) is 5.60 Å². The lowest BCUT2D eigenvalue weighted by Gasteiger charge is -2.29. The van der Waals surface area contributed by atoms with Crippen LogP contribution >= 0.6 is 0 Å². The Morgan fingerprint density at radius 3 is 2.67 bits per heavy atom. The summed E-state index contributed by atoms with van der Waals surface area (Å²) in [4.78, 5) is 10.8. The highest BCUT2D eigenvalue weighted by Crippen LogP contribution is 2.37. The smallest absolute Gasteiger partial charge is 0.165 e. The van der Waals surface area contributed by atoms with Crippen LogP contribution in [0, 0.1) is 5.82 Å². The van der Waals surface area contributed by atoms with Crippen molar-refractivity contribution in [1.29, 1.82) is 0 Å². The van der Waals surface area contributed by atoms with E-state index < -0.39 is 11.8 Å². The summed E-state index contributed by atoms with van der Waals surface area (Å²) in [5.74, 6) is -1.84. The van der Waals surface area contributed by atoms with Crippen LogP contribution in [-0.4, -0.2) is 11.6 Å². The van der Waals surface area contributed by atoms with E-state index in [0.29, 0.717) is 0 Å². The molecular formula is C14H16FO3-. The first-order valence-electron chi connectivity index (χ1n) is 6.26. The molecule has 1 aromatic carbocycles. The minimum absolute atomic E-state index is 0.0143. The van der Waals surface area contributed by atoms with Gasteiger partial charge in [0.2, 0.25) is 0 Å². The van der Waals surface area contributed by atoms with Gasteiger partial charge in [0.15, 0.2) is 11.6 Å². The second kappa shape index (κ2) is 4.96. The van der Waals surface area contributed by atoms with Crippen LogP contribution in [0.25, 0.3) is 0 Å². The molecule has 0 heterocycles. The molecule has 0 spiro atoms. The van der Waals surface area contributed by atoms with Crippen molar-refractivity contribution in [1.82, 2.24) is 0 Å². The van der Waals surface area contributed by atoms with Gasteiger partial charge in [-0.25, -0.2) is 4.39 Å². The van der Waals surface area contributed by atoms with Crippen molar-refractivity contribution in [2.75, 3.05) is 0 Å². The molecule has 1 fully saturated rings. The fraction of sp³-hybridized carbons (Fsp3) is 0.500. The highest BCUT2D eigenvalue weighted by atomic mass is 19.1. The summed E-state index contributed by atoms with van der Waals surface area (Å²) < 4.78 is 19.4. The zero-order valence-electron chi connectivity index (χ0n) is 10.4. The van der Waals surface area contributed by atoms with Crippen molar-refractivity contribution >= 4 is 5.97 Å². The van der Waals surface area contributed by atoms with E-state index in [1.165, 1.54) is 12.1 Å². The first-order chi connectivity index (χ1) is 8.56. The first-order valence-corrected chi connectivity index (χ1v) is 6.26. The Kier molecular flexibility index (Phi) is 3.55. The molecule has 1 aromatic rings. The second-order valence-electron chi connectivity index (χ2n) is 4.78. The molecule has 0 radical (unpaired) electrons. The standard InChI is InChI=1S/C14H17FO3/c1-2-14(7-3-4-8-14)18-12-9-10(13(16)17)5-6-11(12)15/h5-6,9H,2-4,7-8H2,1H3,(H,16,17)/p-1. The van der Waals surface area contributed by atoms with Crippen molar-refractivity contribution in [3.63, 3.8) is 0 Å². The number of benzene rings is 1. The van der Waals surface area contributed by atoms with Gasteiger partial charge >= 0.3 is 0 Å².